The Labute approximate surface area is 82.3 Å². The third-order valence-electron chi connectivity index (χ3n) is 2.26. The minimum Gasteiger partial charge on any atom is -0.381 e. The van der Waals surface area contributed by atoms with E-state index >= 15 is 0 Å². The standard InChI is InChI=1S/C10H13NO3/c1-10(2,11(13)14)9(12)8-6-4-3-5-7-8/h3-7,9,12H,1-2H3/t9-/m1/s1. The highest BCUT2D eigenvalue weighted by Gasteiger charge is 2.40. The third-order valence-corrected chi connectivity index (χ3v) is 2.26. The lowest BCUT2D eigenvalue weighted by atomic mass is 9.92. The molecule has 0 saturated carbocycles. The normalized spacial score (nSPS) is 13.6. The summed E-state index contributed by atoms with van der Waals surface area (Å²) in [6.45, 7) is 2.81. The molecule has 1 N–H and O–H groups in total. The van der Waals surface area contributed by atoms with Crippen LogP contribution in [0.15, 0.2) is 30.3 Å². The number of benzene rings is 1. The van der Waals surface area contributed by atoms with Crippen molar-refractivity contribution in [3.63, 3.8) is 0 Å². The molecule has 1 aromatic carbocycles. The van der Waals surface area contributed by atoms with Gasteiger partial charge in [-0.2, -0.15) is 0 Å². The van der Waals surface area contributed by atoms with E-state index in [1.165, 1.54) is 13.8 Å². The quantitative estimate of drug-likeness (QED) is 0.590. The molecule has 76 valence electrons. The Bertz CT molecular complexity index is 321. The Morgan fingerprint density at radius 3 is 2.29 bits per heavy atom. The summed E-state index contributed by atoms with van der Waals surface area (Å²) in [5.74, 6) is 0. The van der Waals surface area contributed by atoms with Crippen molar-refractivity contribution in [2.45, 2.75) is 25.5 Å². The molecular formula is C10H13NO3. The second-order valence-corrected chi connectivity index (χ2v) is 3.72. The van der Waals surface area contributed by atoms with E-state index in [1.54, 1.807) is 30.3 Å². The summed E-state index contributed by atoms with van der Waals surface area (Å²) in [7, 11) is 0. The molecule has 0 saturated heterocycles. The molecule has 14 heavy (non-hydrogen) atoms. The third kappa shape index (κ3) is 1.90. The fourth-order valence-corrected chi connectivity index (χ4v) is 1.14. The highest BCUT2D eigenvalue weighted by molar-refractivity contribution is 5.19. The average molecular weight is 195 g/mol. The zero-order chi connectivity index (χ0) is 10.8. The van der Waals surface area contributed by atoms with Gasteiger partial charge in [-0.1, -0.05) is 30.3 Å². The van der Waals surface area contributed by atoms with E-state index in [0.717, 1.165) is 0 Å². The Balaban J connectivity index is 2.96. The van der Waals surface area contributed by atoms with E-state index in [2.05, 4.69) is 0 Å². The predicted octanol–water partition coefficient (Wildman–Crippen LogP) is 1.78. The van der Waals surface area contributed by atoms with Crippen LogP contribution < -0.4 is 0 Å². The lowest BCUT2D eigenvalue weighted by Gasteiger charge is -2.22. The van der Waals surface area contributed by atoms with Gasteiger partial charge in [0.1, 0.15) is 6.10 Å². The van der Waals surface area contributed by atoms with Gasteiger partial charge in [-0.25, -0.2) is 0 Å². The Kier molecular flexibility index (Phi) is 2.86. The number of hydrogen-bond acceptors (Lipinski definition) is 3. The SMILES string of the molecule is CC(C)([C@H](O)c1ccccc1)[N+](=O)[O-]. The van der Waals surface area contributed by atoms with Crippen LogP contribution in [0, 0.1) is 10.1 Å². The van der Waals surface area contributed by atoms with E-state index in [1.807, 2.05) is 0 Å². The maximum absolute atomic E-state index is 10.7. The largest absolute Gasteiger partial charge is 0.381 e. The van der Waals surface area contributed by atoms with E-state index in [-0.39, 0.29) is 0 Å². The van der Waals surface area contributed by atoms with E-state index in [4.69, 9.17) is 0 Å². The van der Waals surface area contributed by atoms with Crippen molar-refractivity contribution in [1.29, 1.82) is 0 Å². The first-order valence-corrected chi connectivity index (χ1v) is 4.33. The molecular weight excluding hydrogens is 182 g/mol. The van der Waals surface area contributed by atoms with Gasteiger partial charge in [0.25, 0.3) is 0 Å². The van der Waals surface area contributed by atoms with Crippen LogP contribution in [0.1, 0.15) is 25.5 Å². The molecule has 0 aliphatic heterocycles. The molecule has 0 fully saturated rings. The number of nitro groups is 1. The van der Waals surface area contributed by atoms with Gasteiger partial charge in [0.2, 0.25) is 5.54 Å². The van der Waals surface area contributed by atoms with Crippen molar-refractivity contribution < 1.29 is 10.0 Å². The van der Waals surface area contributed by atoms with Crippen molar-refractivity contribution in [2.24, 2.45) is 0 Å². The lowest BCUT2D eigenvalue weighted by Crippen LogP contribution is -2.37. The highest BCUT2D eigenvalue weighted by Crippen LogP contribution is 2.27. The zero-order valence-electron chi connectivity index (χ0n) is 8.18. The molecule has 4 heteroatoms. The monoisotopic (exact) mass is 195 g/mol. The van der Waals surface area contributed by atoms with Crippen molar-refractivity contribution in [3.05, 3.63) is 46.0 Å². The molecule has 0 bridgehead atoms. The summed E-state index contributed by atoms with van der Waals surface area (Å²) in [4.78, 5) is 10.2. The lowest BCUT2D eigenvalue weighted by molar-refractivity contribution is -0.575. The second kappa shape index (κ2) is 3.75. The van der Waals surface area contributed by atoms with Crippen molar-refractivity contribution in [1.82, 2.24) is 0 Å². The molecule has 0 aliphatic rings. The molecule has 0 spiro atoms. The molecule has 1 aromatic rings. The summed E-state index contributed by atoms with van der Waals surface area (Å²) < 4.78 is 0. The molecule has 0 unspecified atom stereocenters. The fourth-order valence-electron chi connectivity index (χ4n) is 1.14. The van der Waals surface area contributed by atoms with Crippen LogP contribution >= 0.6 is 0 Å². The number of aliphatic hydroxyl groups is 1. The van der Waals surface area contributed by atoms with Gasteiger partial charge in [-0.3, -0.25) is 10.1 Å². The second-order valence-electron chi connectivity index (χ2n) is 3.72. The number of hydrogen-bond donors (Lipinski definition) is 1. The Morgan fingerprint density at radius 2 is 1.86 bits per heavy atom. The van der Waals surface area contributed by atoms with Crippen molar-refractivity contribution in [3.8, 4) is 0 Å². The van der Waals surface area contributed by atoms with Gasteiger partial charge < -0.3 is 5.11 Å². The van der Waals surface area contributed by atoms with Crippen LogP contribution in [0.4, 0.5) is 0 Å². The van der Waals surface area contributed by atoms with Crippen LogP contribution in [0.3, 0.4) is 0 Å². The molecule has 1 rings (SSSR count). The predicted molar refractivity (Wildman–Crippen MR) is 52.5 cm³/mol. The molecule has 0 aliphatic carbocycles. The first kappa shape index (κ1) is 10.7. The summed E-state index contributed by atoms with van der Waals surface area (Å²) in [6.07, 6.45) is -1.08. The number of rotatable bonds is 3. The number of nitrogens with zero attached hydrogens (tertiary/aromatic N) is 1. The van der Waals surface area contributed by atoms with Gasteiger partial charge in [0, 0.05) is 18.8 Å². The average Bonchev–Trinajstić information content (AvgIpc) is 2.17. The fraction of sp³-hybridized carbons (Fsp3) is 0.400. The van der Waals surface area contributed by atoms with Crippen LogP contribution in [0.5, 0.6) is 0 Å². The first-order valence-electron chi connectivity index (χ1n) is 4.33. The van der Waals surface area contributed by atoms with Crippen LogP contribution in [-0.2, 0) is 0 Å². The summed E-state index contributed by atoms with van der Waals surface area (Å²) in [5.41, 5.74) is -0.796. The zero-order valence-corrected chi connectivity index (χ0v) is 8.18. The van der Waals surface area contributed by atoms with Gasteiger partial charge in [-0.15, -0.1) is 0 Å². The maximum Gasteiger partial charge on any atom is 0.246 e. The van der Waals surface area contributed by atoms with Gasteiger partial charge in [0.05, 0.1) is 0 Å². The first-order chi connectivity index (χ1) is 6.46. The minimum atomic E-state index is -1.36. The highest BCUT2D eigenvalue weighted by atomic mass is 16.6. The van der Waals surface area contributed by atoms with E-state index in [0.29, 0.717) is 5.56 Å². The Hall–Kier alpha value is -1.42. The summed E-state index contributed by atoms with van der Waals surface area (Å²) in [6, 6.07) is 8.64. The van der Waals surface area contributed by atoms with Crippen LogP contribution in [0.2, 0.25) is 0 Å². The molecule has 0 radical (unpaired) electrons. The topological polar surface area (TPSA) is 63.4 Å². The minimum absolute atomic E-state index is 0.468. The van der Waals surface area contributed by atoms with Crippen molar-refractivity contribution in [2.75, 3.05) is 0 Å². The smallest absolute Gasteiger partial charge is 0.246 e. The summed E-state index contributed by atoms with van der Waals surface area (Å²) in [5, 5.41) is 20.5. The van der Waals surface area contributed by atoms with E-state index in [9.17, 15) is 15.2 Å². The molecule has 0 aromatic heterocycles. The van der Waals surface area contributed by atoms with Gasteiger partial charge in [0.15, 0.2) is 0 Å². The van der Waals surface area contributed by atoms with Gasteiger partial charge >= 0.3 is 0 Å². The van der Waals surface area contributed by atoms with Crippen LogP contribution in [-0.4, -0.2) is 15.6 Å². The summed E-state index contributed by atoms with van der Waals surface area (Å²) >= 11 is 0. The number of aliphatic hydroxyl groups excluding tert-OH is 1. The molecule has 0 heterocycles. The van der Waals surface area contributed by atoms with Crippen molar-refractivity contribution >= 4 is 0 Å². The van der Waals surface area contributed by atoms with E-state index < -0.39 is 16.6 Å². The molecule has 1 atom stereocenters. The maximum atomic E-state index is 10.7. The van der Waals surface area contributed by atoms with Crippen LogP contribution in [0.25, 0.3) is 0 Å². The Morgan fingerprint density at radius 1 is 1.36 bits per heavy atom. The molecule has 4 nitrogen and oxygen atoms in total. The molecule has 0 amide bonds. The van der Waals surface area contributed by atoms with Gasteiger partial charge in [-0.05, 0) is 5.56 Å².